The maximum Gasteiger partial charge on any atom is 0.410 e. The minimum Gasteiger partial charge on any atom is -0.484 e. The highest BCUT2D eigenvalue weighted by Gasteiger charge is 2.25. The number of nitrogens with one attached hydrogen (secondary N) is 2. The average Bonchev–Trinajstić information content (AvgIpc) is 2.83. The first-order valence-corrected chi connectivity index (χ1v) is 12.8. The van der Waals surface area contributed by atoms with E-state index in [2.05, 4.69) is 10.6 Å². The van der Waals surface area contributed by atoms with Gasteiger partial charge in [-0.2, -0.15) is 0 Å². The molecule has 0 aliphatic carbocycles. The van der Waals surface area contributed by atoms with Crippen molar-refractivity contribution in [1.82, 2.24) is 15.5 Å². The molecule has 2 rings (SSSR count). The van der Waals surface area contributed by atoms with Crippen LogP contribution in [0.3, 0.4) is 0 Å². The van der Waals surface area contributed by atoms with Crippen molar-refractivity contribution in [3.63, 3.8) is 0 Å². The number of nitrogens with zero attached hydrogens (tertiary/aromatic N) is 1. The van der Waals surface area contributed by atoms with Crippen molar-refractivity contribution in [3.05, 3.63) is 64.5 Å². The zero-order chi connectivity index (χ0) is 27.8. The summed E-state index contributed by atoms with van der Waals surface area (Å²) < 4.78 is 26.2. The summed E-state index contributed by atoms with van der Waals surface area (Å²) in [6, 6.07) is 10.3. The van der Waals surface area contributed by atoms with E-state index in [4.69, 9.17) is 9.47 Å². The standard InChI is InChI=1S/C29H42FN3O4/c1-9-21(4)33(28(35)37-29(5,6)7)15-14-32-18-26(22-11-10-19(2)25(30)17-22)36-23-12-13-24(20(3)16-23)27(34)31-8/h10-13,16-17,21,26,32H,9,14-15,18H2,1-8H3,(H,31,34)/t21-,26?/m1/s1. The molecule has 0 saturated heterocycles. The molecule has 0 fully saturated rings. The molecule has 8 heteroatoms. The summed E-state index contributed by atoms with van der Waals surface area (Å²) in [5.41, 5.74) is 2.02. The molecule has 0 aliphatic heterocycles. The Morgan fingerprint density at radius 1 is 1.08 bits per heavy atom. The van der Waals surface area contributed by atoms with Gasteiger partial charge in [0.25, 0.3) is 5.91 Å². The molecule has 2 N–H and O–H groups in total. The minimum absolute atomic E-state index is 0.0247. The summed E-state index contributed by atoms with van der Waals surface area (Å²) in [5.74, 6) is 0.108. The Kier molecular flexibility index (Phi) is 10.9. The number of amides is 2. The fourth-order valence-electron chi connectivity index (χ4n) is 3.77. The second-order valence-electron chi connectivity index (χ2n) is 10.3. The van der Waals surface area contributed by atoms with Gasteiger partial charge < -0.3 is 25.0 Å². The van der Waals surface area contributed by atoms with Crippen LogP contribution in [0.5, 0.6) is 5.75 Å². The molecule has 0 spiro atoms. The zero-order valence-corrected chi connectivity index (χ0v) is 23.4. The van der Waals surface area contributed by atoms with E-state index in [0.29, 0.717) is 42.1 Å². The predicted molar refractivity (Wildman–Crippen MR) is 145 cm³/mol. The van der Waals surface area contributed by atoms with Crippen LogP contribution >= 0.6 is 0 Å². The largest absolute Gasteiger partial charge is 0.484 e. The lowest BCUT2D eigenvalue weighted by molar-refractivity contribution is 0.0174. The van der Waals surface area contributed by atoms with Gasteiger partial charge in [-0.25, -0.2) is 9.18 Å². The number of ether oxygens (including phenoxy) is 2. The molecule has 2 atom stereocenters. The molecule has 0 radical (unpaired) electrons. The van der Waals surface area contributed by atoms with Crippen molar-refractivity contribution >= 4 is 12.0 Å². The van der Waals surface area contributed by atoms with Crippen LogP contribution in [0.4, 0.5) is 9.18 Å². The van der Waals surface area contributed by atoms with Crippen molar-refractivity contribution < 1.29 is 23.5 Å². The summed E-state index contributed by atoms with van der Waals surface area (Å²) in [4.78, 5) is 26.5. The fraction of sp³-hybridized carbons (Fsp3) is 0.517. The van der Waals surface area contributed by atoms with Crippen molar-refractivity contribution in [2.45, 2.75) is 72.6 Å². The fourth-order valence-corrected chi connectivity index (χ4v) is 3.77. The molecule has 37 heavy (non-hydrogen) atoms. The Balaban J connectivity index is 2.16. The monoisotopic (exact) mass is 515 g/mol. The van der Waals surface area contributed by atoms with Gasteiger partial charge in [-0.15, -0.1) is 0 Å². The van der Waals surface area contributed by atoms with Crippen LogP contribution in [0.25, 0.3) is 0 Å². The molecule has 0 bridgehead atoms. The topological polar surface area (TPSA) is 79.9 Å². The number of hydrogen-bond donors (Lipinski definition) is 2. The van der Waals surface area contributed by atoms with Crippen LogP contribution in [0.1, 0.15) is 74.2 Å². The molecule has 0 aliphatic rings. The quantitative estimate of drug-likeness (QED) is 0.384. The number of carbonyl (C=O) groups is 2. The van der Waals surface area contributed by atoms with E-state index in [1.54, 1.807) is 43.1 Å². The molecule has 0 heterocycles. The number of halogens is 1. The van der Waals surface area contributed by atoms with Crippen molar-refractivity contribution in [1.29, 1.82) is 0 Å². The van der Waals surface area contributed by atoms with Gasteiger partial charge in [-0.1, -0.05) is 19.1 Å². The molecule has 7 nitrogen and oxygen atoms in total. The molecule has 1 unspecified atom stereocenters. The first kappa shape index (κ1) is 30.1. The Bertz CT molecular complexity index is 1070. The van der Waals surface area contributed by atoms with Crippen molar-refractivity contribution in [2.75, 3.05) is 26.7 Å². The molecule has 0 saturated carbocycles. The maximum absolute atomic E-state index is 14.4. The average molecular weight is 516 g/mol. The lowest BCUT2D eigenvalue weighted by atomic mass is 10.1. The molecule has 0 aromatic heterocycles. The summed E-state index contributed by atoms with van der Waals surface area (Å²) in [6.07, 6.45) is -0.0263. The smallest absolute Gasteiger partial charge is 0.410 e. The lowest BCUT2D eigenvalue weighted by Crippen LogP contribution is -2.45. The Labute approximate surface area is 220 Å². The second-order valence-corrected chi connectivity index (χ2v) is 10.3. The van der Waals surface area contributed by atoms with E-state index in [0.717, 1.165) is 12.0 Å². The van der Waals surface area contributed by atoms with Crippen LogP contribution in [0.2, 0.25) is 0 Å². The predicted octanol–water partition coefficient (Wildman–Crippen LogP) is 5.55. The SMILES string of the molecule is CC[C@@H](C)N(CCNCC(Oc1ccc(C(=O)NC)c(C)c1)c1ccc(C)c(F)c1)C(=O)OC(C)(C)C. The summed E-state index contributed by atoms with van der Waals surface area (Å²) in [7, 11) is 1.59. The summed E-state index contributed by atoms with van der Waals surface area (Å²) in [6.45, 7) is 14.5. The maximum atomic E-state index is 14.4. The number of benzene rings is 2. The zero-order valence-electron chi connectivity index (χ0n) is 23.4. The minimum atomic E-state index is -0.573. The van der Waals surface area contributed by atoms with E-state index < -0.39 is 11.7 Å². The van der Waals surface area contributed by atoms with Crippen LogP contribution in [-0.4, -0.2) is 55.2 Å². The second kappa shape index (κ2) is 13.4. The molecule has 2 aromatic rings. The van der Waals surface area contributed by atoms with Crippen LogP contribution in [0.15, 0.2) is 36.4 Å². The number of carbonyl (C=O) groups excluding carboxylic acids is 2. The van der Waals surface area contributed by atoms with Gasteiger partial charge in [0.05, 0.1) is 0 Å². The van der Waals surface area contributed by atoms with Crippen LogP contribution in [0, 0.1) is 19.7 Å². The third-order valence-electron chi connectivity index (χ3n) is 6.13. The Morgan fingerprint density at radius 2 is 1.78 bits per heavy atom. The molecule has 2 amide bonds. The first-order valence-electron chi connectivity index (χ1n) is 12.8. The molecular formula is C29H42FN3O4. The van der Waals surface area contributed by atoms with Crippen LogP contribution < -0.4 is 15.4 Å². The van der Waals surface area contributed by atoms with E-state index in [1.807, 2.05) is 47.6 Å². The van der Waals surface area contributed by atoms with Gasteiger partial charge in [0, 0.05) is 38.3 Å². The number of rotatable bonds is 11. The van der Waals surface area contributed by atoms with Crippen molar-refractivity contribution in [3.8, 4) is 5.75 Å². The molecular weight excluding hydrogens is 473 g/mol. The Morgan fingerprint density at radius 3 is 2.35 bits per heavy atom. The highest BCUT2D eigenvalue weighted by Crippen LogP contribution is 2.25. The van der Waals surface area contributed by atoms with Gasteiger partial charge >= 0.3 is 6.09 Å². The van der Waals surface area contributed by atoms with Crippen LogP contribution in [-0.2, 0) is 4.74 Å². The third-order valence-corrected chi connectivity index (χ3v) is 6.13. The highest BCUT2D eigenvalue weighted by molar-refractivity contribution is 5.95. The normalized spacial score (nSPS) is 13.0. The number of aryl methyl sites for hydroxylation is 2. The van der Waals surface area contributed by atoms with Crippen molar-refractivity contribution in [2.24, 2.45) is 0 Å². The van der Waals surface area contributed by atoms with Gasteiger partial charge in [-0.3, -0.25) is 4.79 Å². The van der Waals surface area contributed by atoms with Gasteiger partial charge in [0.2, 0.25) is 0 Å². The first-order chi connectivity index (χ1) is 17.4. The van der Waals surface area contributed by atoms with E-state index in [1.165, 1.54) is 6.07 Å². The summed E-state index contributed by atoms with van der Waals surface area (Å²) >= 11 is 0. The Hall–Kier alpha value is -3.13. The van der Waals surface area contributed by atoms with Gasteiger partial charge in [-0.05, 0) is 88.9 Å². The third kappa shape index (κ3) is 9.04. The van der Waals surface area contributed by atoms with Gasteiger partial charge in [0.15, 0.2) is 0 Å². The van der Waals surface area contributed by atoms with E-state index >= 15 is 0 Å². The highest BCUT2D eigenvalue weighted by atomic mass is 19.1. The molecule has 2 aromatic carbocycles. The van der Waals surface area contributed by atoms with E-state index in [-0.39, 0.29) is 23.9 Å². The summed E-state index contributed by atoms with van der Waals surface area (Å²) in [5, 5.41) is 5.98. The van der Waals surface area contributed by atoms with Gasteiger partial charge in [0.1, 0.15) is 23.3 Å². The van der Waals surface area contributed by atoms with E-state index in [9.17, 15) is 14.0 Å². The molecule has 204 valence electrons. The lowest BCUT2D eigenvalue weighted by Gasteiger charge is -2.31. The number of hydrogen-bond acceptors (Lipinski definition) is 5.